The molecule has 1 unspecified atom stereocenters. The first-order chi connectivity index (χ1) is 16.8. The van der Waals surface area contributed by atoms with Crippen molar-refractivity contribution in [2.45, 2.75) is 42.8 Å². The Balaban J connectivity index is 1.25. The molecule has 2 aliphatic heterocycles. The Morgan fingerprint density at radius 1 is 1.09 bits per heavy atom. The van der Waals surface area contributed by atoms with Crippen LogP contribution in [0, 0.1) is 0 Å². The van der Waals surface area contributed by atoms with Gasteiger partial charge in [-0.2, -0.15) is 4.31 Å². The molecule has 12 heteroatoms. The van der Waals surface area contributed by atoms with E-state index in [2.05, 4.69) is 10.3 Å². The quantitative estimate of drug-likeness (QED) is 0.540. The predicted octanol–water partition coefficient (Wildman–Crippen LogP) is 2.50. The molecule has 2 aliphatic rings. The number of rotatable bonds is 5. The number of likely N-dealkylation sites (tertiary alicyclic amines) is 1. The molecule has 0 radical (unpaired) electrons. The number of hydrogen-bond acceptors (Lipinski definition) is 8. The summed E-state index contributed by atoms with van der Waals surface area (Å²) in [5, 5.41) is 4.68. The Morgan fingerprint density at radius 2 is 1.91 bits per heavy atom. The van der Waals surface area contributed by atoms with E-state index < -0.39 is 22.1 Å². The van der Waals surface area contributed by atoms with Gasteiger partial charge in [-0.25, -0.2) is 13.4 Å². The molecule has 3 aromatic heterocycles. The third kappa shape index (κ3) is 4.75. The van der Waals surface area contributed by atoms with E-state index in [-0.39, 0.29) is 35.7 Å². The summed E-state index contributed by atoms with van der Waals surface area (Å²) in [6.45, 7) is 0.320. The minimum Gasteiger partial charge on any atom is -0.344 e. The van der Waals surface area contributed by atoms with Crippen LogP contribution in [0.2, 0.25) is 0 Å². The summed E-state index contributed by atoms with van der Waals surface area (Å²) >= 11 is 2.99. The zero-order valence-electron chi connectivity index (χ0n) is 18.8. The number of carbonyl (C=O) groups excluding carboxylic acids is 3. The second-order valence-corrected chi connectivity index (χ2v) is 12.5. The summed E-state index contributed by atoms with van der Waals surface area (Å²) in [6, 6.07) is 7.00. The normalized spacial score (nSPS) is 21.8. The number of Topliss-reactive ketones (excluding diaryl/α,β-unsaturated/α-hetero) is 1. The lowest BCUT2D eigenvalue weighted by atomic mass is 10.1. The van der Waals surface area contributed by atoms with Gasteiger partial charge in [0, 0.05) is 28.7 Å². The van der Waals surface area contributed by atoms with Gasteiger partial charge < -0.3 is 10.2 Å². The monoisotopic (exact) mass is 532 g/mol. The Hall–Kier alpha value is -2.67. The number of pyridine rings is 1. The van der Waals surface area contributed by atoms with Gasteiger partial charge in [0.2, 0.25) is 5.91 Å². The number of aromatic nitrogens is 1. The Bertz CT molecular complexity index is 1340. The third-order valence-corrected chi connectivity index (χ3v) is 10.2. The molecule has 5 rings (SSSR count). The Kier molecular flexibility index (Phi) is 6.71. The molecule has 3 aromatic rings. The highest BCUT2D eigenvalue weighted by Crippen LogP contribution is 2.32. The molecule has 0 bridgehead atoms. The van der Waals surface area contributed by atoms with Crippen LogP contribution in [-0.4, -0.2) is 71.9 Å². The molecule has 2 saturated heterocycles. The Labute approximate surface area is 210 Å². The van der Waals surface area contributed by atoms with Crippen LogP contribution in [0.5, 0.6) is 0 Å². The number of thiophene rings is 2. The summed E-state index contributed by atoms with van der Waals surface area (Å²) in [5.41, 5.74) is 0. The number of ketones is 1. The molecule has 0 aromatic carbocycles. The lowest BCUT2D eigenvalue weighted by Crippen LogP contribution is -2.51. The van der Waals surface area contributed by atoms with Crippen molar-refractivity contribution in [3.05, 3.63) is 46.8 Å². The summed E-state index contributed by atoms with van der Waals surface area (Å²) in [6.07, 6.45) is 3.38. The number of sulfonamides is 1. The molecule has 2 amide bonds. The molecule has 2 fully saturated rings. The van der Waals surface area contributed by atoms with Crippen molar-refractivity contribution in [2.75, 3.05) is 19.6 Å². The highest BCUT2D eigenvalue weighted by Gasteiger charge is 2.38. The van der Waals surface area contributed by atoms with Gasteiger partial charge in [0.15, 0.2) is 10.8 Å². The maximum absolute atomic E-state index is 13.1. The summed E-state index contributed by atoms with van der Waals surface area (Å²) in [5.74, 6) is -0.908. The smallest absolute Gasteiger partial charge is 0.264 e. The number of amides is 2. The SMILES string of the molecule is O=C1CN(S(=O)(=O)c2ccccn2)CCCC1NC(=O)[C@@H]1CCCN1C(=O)c1cc2sccc2s1. The Morgan fingerprint density at radius 3 is 2.69 bits per heavy atom. The molecule has 0 aliphatic carbocycles. The molecule has 0 spiro atoms. The van der Waals surface area contributed by atoms with Crippen molar-refractivity contribution in [1.29, 1.82) is 0 Å². The molecule has 2 atom stereocenters. The van der Waals surface area contributed by atoms with Gasteiger partial charge in [-0.3, -0.25) is 14.4 Å². The zero-order valence-corrected chi connectivity index (χ0v) is 21.2. The van der Waals surface area contributed by atoms with E-state index in [1.165, 1.54) is 23.6 Å². The molecule has 0 saturated carbocycles. The van der Waals surface area contributed by atoms with Crippen LogP contribution >= 0.6 is 22.7 Å². The van der Waals surface area contributed by atoms with E-state index in [9.17, 15) is 22.8 Å². The lowest BCUT2D eigenvalue weighted by molar-refractivity contribution is -0.130. The largest absolute Gasteiger partial charge is 0.344 e. The molecule has 5 heterocycles. The number of nitrogens with one attached hydrogen (secondary N) is 1. The van der Waals surface area contributed by atoms with Gasteiger partial charge >= 0.3 is 0 Å². The van der Waals surface area contributed by atoms with Crippen LogP contribution in [0.25, 0.3) is 9.40 Å². The van der Waals surface area contributed by atoms with Gasteiger partial charge in [0.1, 0.15) is 6.04 Å². The van der Waals surface area contributed by atoms with Gasteiger partial charge in [-0.15, -0.1) is 22.7 Å². The number of fused-ring (bicyclic) bond motifs is 1. The van der Waals surface area contributed by atoms with E-state index in [1.807, 2.05) is 17.5 Å². The summed E-state index contributed by atoms with van der Waals surface area (Å²) in [4.78, 5) is 45.3. The maximum Gasteiger partial charge on any atom is 0.264 e. The first-order valence-electron chi connectivity index (χ1n) is 11.4. The average Bonchev–Trinajstić information content (AvgIpc) is 3.56. The maximum atomic E-state index is 13.1. The van der Waals surface area contributed by atoms with Crippen molar-refractivity contribution in [1.82, 2.24) is 19.5 Å². The fraction of sp³-hybridized carbons (Fsp3) is 0.391. The van der Waals surface area contributed by atoms with E-state index in [0.717, 1.165) is 13.7 Å². The van der Waals surface area contributed by atoms with Crippen LogP contribution in [0.15, 0.2) is 46.9 Å². The van der Waals surface area contributed by atoms with Gasteiger partial charge in [-0.1, -0.05) is 6.07 Å². The van der Waals surface area contributed by atoms with Gasteiger partial charge in [-0.05, 0) is 55.3 Å². The first kappa shape index (κ1) is 24.0. The average molecular weight is 533 g/mol. The minimum atomic E-state index is -3.91. The van der Waals surface area contributed by atoms with E-state index in [0.29, 0.717) is 37.1 Å². The van der Waals surface area contributed by atoms with Crippen molar-refractivity contribution >= 4 is 59.7 Å². The topological polar surface area (TPSA) is 117 Å². The summed E-state index contributed by atoms with van der Waals surface area (Å²) < 4.78 is 29.0. The zero-order chi connectivity index (χ0) is 24.6. The van der Waals surface area contributed by atoms with Crippen LogP contribution < -0.4 is 5.32 Å². The molecular weight excluding hydrogens is 508 g/mol. The third-order valence-electron chi connectivity index (χ3n) is 6.35. The van der Waals surface area contributed by atoms with Gasteiger partial charge in [0.05, 0.1) is 17.5 Å². The van der Waals surface area contributed by atoms with Crippen molar-refractivity contribution in [3.63, 3.8) is 0 Å². The van der Waals surface area contributed by atoms with E-state index in [1.54, 1.807) is 28.4 Å². The number of hydrogen-bond donors (Lipinski definition) is 1. The second-order valence-electron chi connectivity index (χ2n) is 8.59. The second kappa shape index (κ2) is 9.76. The number of nitrogens with zero attached hydrogens (tertiary/aromatic N) is 3. The molecule has 9 nitrogen and oxygen atoms in total. The van der Waals surface area contributed by atoms with Crippen molar-refractivity contribution in [3.8, 4) is 0 Å². The predicted molar refractivity (Wildman–Crippen MR) is 133 cm³/mol. The van der Waals surface area contributed by atoms with Crippen LogP contribution in [0.3, 0.4) is 0 Å². The van der Waals surface area contributed by atoms with Crippen LogP contribution in [-0.2, 0) is 19.6 Å². The highest BCUT2D eigenvalue weighted by molar-refractivity contribution is 7.89. The fourth-order valence-electron chi connectivity index (χ4n) is 4.55. The van der Waals surface area contributed by atoms with Crippen LogP contribution in [0.4, 0.5) is 0 Å². The summed E-state index contributed by atoms with van der Waals surface area (Å²) in [7, 11) is -3.91. The fourth-order valence-corrected chi connectivity index (χ4v) is 7.99. The first-order valence-corrected chi connectivity index (χ1v) is 14.5. The highest BCUT2D eigenvalue weighted by atomic mass is 32.2. The number of carbonyl (C=O) groups is 3. The van der Waals surface area contributed by atoms with Crippen LogP contribution in [0.1, 0.15) is 35.4 Å². The lowest BCUT2D eigenvalue weighted by Gasteiger charge is -2.25. The van der Waals surface area contributed by atoms with E-state index in [4.69, 9.17) is 0 Å². The van der Waals surface area contributed by atoms with Crippen molar-refractivity contribution < 1.29 is 22.8 Å². The molecular formula is C23H24N4O5S3. The molecule has 184 valence electrons. The van der Waals surface area contributed by atoms with Crippen molar-refractivity contribution in [2.24, 2.45) is 0 Å². The standard InChI is InChI=1S/C23H24N4O5S3/c28-17-14-26(35(31,32)21-7-1-2-9-24-21)10-3-5-15(17)25-22(29)16-6-4-11-27(16)23(30)20-13-19-18(34-20)8-12-33-19/h1-2,7-9,12-13,15-16H,3-6,10-11,14H2,(H,25,29)/t15?,16-/m0/s1. The van der Waals surface area contributed by atoms with E-state index >= 15 is 0 Å². The molecule has 35 heavy (non-hydrogen) atoms. The van der Waals surface area contributed by atoms with Gasteiger partial charge in [0.25, 0.3) is 15.9 Å². The molecule has 1 N–H and O–H groups in total. The minimum absolute atomic E-state index is 0.108.